The predicted octanol–water partition coefficient (Wildman–Crippen LogP) is 5.01. The average Bonchev–Trinajstić information content (AvgIpc) is 2.67. The Morgan fingerprint density at radius 3 is 2.18 bits per heavy atom. The van der Waals surface area contributed by atoms with Gasteiger partial charge in [-0.2, -0.15) is 8.42 Å². The minimum absolute atomic E-state index is 0.226. The van der Waals surface area contributed by atoms with Crippen LogP contribution in [0, 0.1) is 6.92 Å². The van der Waals surface area contributed by atoms with Gasteiger partial charge in [0.2, 0.25) is 0 Å². The van der Waals surface area contributed by atoms with E-state index in [1.807, 2.05) is 49.4 Å². The summed E-state index contributed by atoms with van der Waals surface area (Å²) in [7, 11) is -4.29. The van der Waals surface area contributed by atoms with Crippen LogP contribution >= 0.6 is 11.8 Å². The summed E-state index contributed by atoms with van der Waals surface area (Å²) in [5.41, 5.74) is 3.23. The molecular weight excluding hydrogens is 392 g/mol. The molecule has 1 aliphatic rings. The van der Waals surface area contributed by atoms with Gasteiger partial charge in [0.1, 0.15) is 5.25 Å². The van der Waals surface area contributed by atoms with Gasteiger partial charge in [0.25, 0.3) is 10.1 Å². The highest BCUT2D eigenvalue weighted by molar-refractivity contribution is 7.99. The fourth-order valence-electron chi connectivity index (χ4n) is 3.53. The smallest absolute Gasteiger partial charge is 0.273 e. The Morgan fingerprint density at radius 2 is 1.61 bits per heavy atom. The van der Waals surface area contributed by atoms with Crippen molar-refractivity contribution in [2.75, 3.05) is 11.4 Å². The van der Waals surface area contributed by atoms with Crippen LogP contribution in [-0.2, 0) is 10.1 Å². The Balaban J connectivity index is 1.70. The van der Waals surface area contributed by atoms with E-state index in [9.17, 15) is 13.0 Å². The van der Waals surface area contributed by atoms with Crippen molar-refractivity contribution in [3.63, 3.8) is 0 Å². The van der Waals surface area contributed by atoms with Crippen LogP contribution in [-0.4, -0.2) is 24.5 Å². The highest BCUT2D eigenvalue weighted by Crippen LogP contribution is 2.48. The van der Waals surface area contributed by atoms with Gasteiger partial charge < -0.3 is 4.90 Å². The molecule has 1 aromatic heterocycles. The van der Waals surface area contributed by atoms with E-state index in [1.165, 1.54) is 0 Å². The second-order valence-electron chi connectivity index (χ2n) is 6.69. The number of para-hydroxylation sites is 2. The zero-order valence-electron chi connectivity index (χ0n) is 15.3. The first kappa shape index (κ1) is 19.0. The van der Waals surface area contributed by atoms with E-state index in [0.717, 1.165) is 26.7 Å². The quantitative estimate of drug-likeness (QED) is 0.594. The lowest BCUT2D eigenvalue weighted by Gasteiger charge is -2.33. The number of aromatic nitrogens is 1. The molecule has 4 rings (SSSR count). The Labute approximate surface area is 169 Å². The van der Waals surface area contributed by atoms with Crippen LogP contribution < -0.4 is 4.90 Å². The lowest BCUT2D eigenvalue weighted by Crippen LogP contribution is -2.26. The first-order valence-corrected chi connectivity index (χ1v) is 11.3. The van der Waals surface area contributed by atoms with Crippen LogP contribution in [0.1, 0.15) is 22.9 Å². The van der Waals surface area contributed by atoms with E-state index >= 15 is 0 Å². The molecule has 7 heteroatoms. The number of pyridine rings is 1. The minimum atomic E-state index is -4.29. The molecule has 2 heterocycles. The molecule has 0 amide bonds. The fraction of sp³-hybridized carbons (Fsp3) is 0.190. The van der Waals surface area contributed by atoms with Crippen molar-refractivity contribution in [1.82, 2.24) is 4.98 Å². The number of aryl methyl sites for hydroxylation is 1. The summed E-state index contributed by atoms with van der Waals surface area (Å²) in [6, 6.07) is 19.7. The van der Waals surface area contributed by atoms with E-state index in [-0.39, 0.29) is 6.42 Å². The highest BCUT2D eigenvalue weighted by atomic mass is 32.2. The van der Waals surface area contributed by atoms with Gasteiger partial charge in [0, 0.05) is 22.5 Å². The lowest BCUT2D eigenvalue weighted by molar-refractivity contribution is 0.462. The maximum atomic E-state index is 12.1. The van der Waals surface area contributed by atoms with Crippen LogP contribution in [0.4, 0.5) is 11.4 Å². The SMILES string of the molecule is Cc1cccnc1C(CCN1c2ccccc2Sc2ccccc21)S(=O)(=O)O. The van der Waals surface area contributed by atoms with Crippen molar-refractivity contribution in [3.05, 3.63) is 78.1 Å². The summed E-state index contributed by atoms with van der Waals surface area (Å²) in [5, 5.41) is -1.07. The van der Waals surface area contributed by atoms with Gasteiger partial charge in [-0.15, -0.1) is 0 Å². The second kappa shape index (κ2) is 7.58. The normalized spacial score (nSPS) is 14.3. The molecule has 1 aliphatic heterocycles. The molecule has 0 fully saturated rings. The van der Waals surface area contributed by atoms with Crippen molar-refractivity contribution in [1.29, 1.82) is 0 Å². The van der Waals surface area contributed by atoms with E-state index in [0.29, 0.717) is 12.2 Å². The molecule has 0 spiro atoms. The molecule has 0 saturated heterocycles. The molecule has 3 aromatic rings. The van der Waals surface area contributed by atoms with Crippen molar-refractivity contribution < 1.29 is 13.0 Å². The van der Waals surface area contributed by atoms with E-state index in [2.05, 4.69) is 22.0 Å². The average molecular weight is 413 g/mol. The standard InChI is InChI=1S/C21H20N2O3S2/c1-15-7-6-13-22-21(15)20(28(24,25)26)12-14-23-16-8-2-4-10-18(16)27-19-11-5-3-9-17(19)23/h2-11,13,20H,12,14H2,1H3,(H,24,25,26). The minimum Gasteiger partial charge on any atom is -0.340 e. The van der Waals surface area contributed by atoms with Crippen LogP contribution in [0.25, 0.3) is 0 Å². The number of hydrogen-bond donors (Lipinski definition) is 1. The molecular formula is C21H20N2O3S2. The van der Waals surface area contributed by atoms with Crippen molar-refractivity contribution >= 4 is 33.3 Å². The molecule has 1 N–H and O–H groups in total. The van der Waals surface area contributed by atoms with Gasteiger partial charge >= 0.3 is 0 Å². The third-order valence-electron chi connectivity index (χ3n) is 4.86. The van der Waals surface area contributed by atoms with Gasteiger partial charge in [0.05, 0.1) is 17.1 Å². The van der Waals surface area contributed by atoms with Gasteiger partial charge in [0.15, 0.2) is 0 Å². The molecule has 28 heavy (non-hydrogen) atoms. The molecule has 1 atom stereocenters. The largest absolute Gasteiger partial charge is 0.340 e. The molecule has 0 radical (unpaired) electrons. The van der Waals surface area contributed by atoms with E-state index in [4.69, 9.17) is 0 Å². The van der Waals surface area contributed by atoms with Crippen LogP contribution in [0.3, 0.4) is 0 Å². The van der Waals surface area contributed by atoms with E-state index in [1.54, 1.807) is 24.0 Å². The third kappa shape index (κ3) is 3.65. The summed E-state index contributed by atoms with van der Waals surface area (Å²) in [4.78, 5) is 8.61. The van der Waals surface area contributed by atoms with Gasteiger partial charge in [-0.1, -0.05) is 42.1 Å². The van der Waals surface area contributed by atoms with Crippen molar-refractivity contribution in [2.24, 2.45) is 0 Å². The maximum Gasteiger partial charge on any atom is 0.273 e. The first-order valence-electron chi connectivity index (χ1n) is 8.96. The zero-order valence-corrected chi connectivity index (χ0v) is 17.0. The number of anilines is 2. The molecule has 0 saturated carbocycles. The lowest BCUT2D eigenvalue weighted by atomic mass is 10.1. The summed E-state index contributed by atoms with van der Waals surface area (Å²) >= 11 is 1.70. The molecule has 0 bridgehead atoms. The van der Waals surface area contributed by atoms with E-state index < -0.39 is 15.4 Å². The van der Waals surface area contributed by atoms with Gasteiger partial charge in [-0.25, -0.2) is 0 Å². The Hall–Kier alpha value is -2.35. The Kier molecular flexibility index (Phi) is 5.14. The summed E-state index contributed by atoms with van der Waals surface area (Å²) in [5.74, 6) is 0. The molecule has 2 aromatic carbocycles. The zero-order chi connectivity index (χ0) is 19.7. The predicted molar refractivity (Wildman–Crippen MR) is 112 cm³/mol. The fourth-order valence-corrected chi connectivity index (χ4v) is 5.56. The number of hydrogen-bond acceptors (Lipinski definition) is 5. The first-order chi connectivity index (χ1) is 13.4. The van der Waals surface area contributed by atoms with Crippen molar-refractivity contribution in [2.45, 2.75) is 28.4 Å². The molecule has 5 nitrogen and oxygen atoms in total. The molecule has 144 valence electrons. The van der Waals surface area contributed by atoms with Crippen LogP contribution in [0.5, 0.6) is 0 Å². The third-order valence-corrected chi connectivity index (χ3v) is 7.17. The summed E-state index contributed by atoms with van der Waals surface area (Å²) in [6.45, 7) is 2.25. The Morgan fingerprint density at radius 1 is 1.00 bits per heavy atom. The highest BCUT2D eigenvalue weighted by Gasteiger charge is 2.30. The summed E-state index contributed by atoms with van der Waals surface area (Å²) < 4.78 is 34.2. The Bertz CT molecular complexity index is 1070. The molecule has 1 unspecified atom stereocenters. The monoisotopic (exact) mass is 412 g/mol. The number of benzene rings is 2. The topological polar surface area (TPSA) is 70.5 Å². The number of nitrogens with zero attached hydrogens (tertiary/aromatic N) is 2. The van der Waals surface area contributed by atoms with Crippen LogP contribution in [0.2, 0.25) is 0 Å². The van der Waals surface area contributed by atoms with Gasteiger partial charge in [-0.05, 0) is 49.2 Å². The van der Waals surface area contributed by atoms with Crippen LogP contribution in [0.15, 0.2) is 76.7 Å². The number of fused-ring (bicyclic) bond motifs is 2. The number of rotatable bonds is 5. The maximum absolute atomic E-state index is 12.1. The summed E-state index contributed by atoms with van der Waals surface area (Å²) in [6.07, 6.45) is 1.78. The van der Waals surface area contributed by atoms with Crippen molar-refractivity contribution in [3.8, 4) is 0 Å². The van der Waals surface area contributed by atoms with Gasteiger partial charge in [-0.3, -0.25) is 9.54 Å². The second-order valence-corrected chi connectivity index (χ2v) is 9.37. The molecule has 0 aliphatic carbocycles.